The predicted molar refractivity (Wildman–Crippen MR) is 115 cm³/mol. The zero-order chi connectivity index (χ0) is 27.3. The third-order valence-electron chi connectivity index (χ3n) is 5.87. The van der Waals surface area contributed by atoms with E-state index in [2.05, 4.69) is 38.7 Å². The number of carboxylic acids is 2. The lowest BCUT2D eigenvalue weighted by Crippen LogP contribution is -2.56. The number of halogens is 6. The van der Waals surface area contributed by atoms with E-state index in [1.54, 1.807) is 11.3 Å². The van der Waals surface area contributed by atoms with Crippen LogP contribution in [0.25, 0.3) is 0 Å². The molecule has 2 aliphatic heterocycles. The van der Waals surface area contributed by atoms with Gasteiger partial charge in [0, 0.05) is 49.6 Å². The first kappa shape index (κ1) is 29.5. The van der Waals surface area contributed by atoms with Crippen molar-refractivity contribution in [2.75, 3.05) is 26.7 Å². The Morgan fingerprint density at radius 2 is 1.53 bits per heavy atom. The molecule has 1 fully saturated rings. The Hall–Kier alpha value is -2.72. The van der Waals surface area contributed by atoms with Crippen LogP contribution < -0.4 is 0 Å². The second-order valence-electron chi connectivity index (χ2n) is 8.14. The predicted octanol–water partition coefficient (Wildman–Crippen LogP) is 3.35. The molecule has 0 aliphatic carbocycles. The largest absolute Gasteiger partial charge is 0.490 e. The molecule has 2 aliphatic rings. The molecule has 0 radical (unpaired) electrons. The van der Waals surface area contributed by atoms with Crippen LogP contribution in [0.3, 0.4) is 0 Å². The van der Waals surface area contributed by atoms with Gasteiger partial charge in [-0.25, -0.2) is 19.6 Å². The van der Waals surface area contributed by atoms with E-state index >= 15 is 0 Å². The van der Waals surface area contributed by atoms with E-state index in [4.69, 9.17) is 24.8 Å². The number of thiazole rings is 1. The van der Waals surface area contributed by atoms with E-state index in [-0.39, 0.29) is 5.54 Å². The van der Waals surface area contributed by atoms with Crippen LogP contribution in [0.5, 0.6) is 0 Å². The smallest absolute Gasteiger partial charge is 0.475 e. The molecule has 2 aromatic heterocycles. The monoisotopic (exact) mass is 545 g/mol. The quantitative estimate of drug-likeness (QED) is 0.553. The molecule has 2 N–H and O–H groups in total. The molecule has 1 spiro atoms. The van der Waals surface area contributed by atoms with E-state index in [0.717, 1.165) is 45.6 Å². The lowest BCUT2D eigenvalue weighted by atomic mass is 9.83. The van der Waals surface area contributed by atoms with Crippen LogP contribution >= 0.6 is 11.3 Å². The highest BCUT2D eigenvalue weighted by Gasteiger charge is 2.45. The molecule has 0 aromatic carbocycles. The van der Waals surface area contributed by atoms with Gasteiger partial charge in [0.2, 0.25) is 0 Å². The first-order valence-electron chi connectivity index (χ1n) is 10.5. The van der Waals surface area contributed by atoms with Crippen molar-refractivity contribution in [2.45, 2.75) is 50.7 Å². The Labute approximate surface area is 206 Å². The van der Waals surface area contributed by atoms with Crippen molar-refractivity contribution >= 4 is 23.3 Å². The summed E-state index contributed by atoms with van der Waals surface area (Å²) in [5.41, 5.74) is 1.43. The zero-order valence-corrected chi connectivity index (χ0v) is 20.1. The fourth-order valence-electron chi connectivity index (χ4n) is 3.96. The van der Waals surface area contributed by atoms with Crippen molar-refractivity contribution < 1.29 is 46.1 Å². The summed E-state index contributed by atoms with van der Waals surface area (Å²) in [6, 6.07) is 0. The van der Waals surface area contributed by atoms with Crippen LogP contribution in [-0.4, -0.2) is 85.5 Å². The van der Waals surface area contributed by atoms with Crippen LogP contribution in [0.4, 0.5) is 26.3 Å². The third-order valence-corrected chi connectivity index (χ3v) is 6.64. The number of rotatable bonds is 2. The molecular weight excluding hydrogens is 520 g/mol. The fourth-order valence-corrected chi connectivity index (χ4v) is 4.62. The van der Waals surface area contributed by atoms with E-state index in [1.165, 1.54) is 16.5 Å². The number of aromatic nitrogens is 3. The molecule has 0 saturated carbocycles. The number of aryl methyl sites for hydroxylation is 1. The first-order valence-corrected chi connectivity index (χ1v) is 11.4. The maximum Gasteiger partial charge on any atom is 0.490 e. The second-order valence-corrected chi connectivity index (χ2v) is 9.11. The number of likely N-dealkylation sites (N-methyl/N-ethyl adjacent to an activating group) is 1. The number of aliphatic carboxylic acids is 2. The minimum Gasteiger partial charge on any atom is -0.475 e. The van der Waals surface area contributed by atoms with Gasteiger partial charge in [0.1, 0.15) is 10.8 Å². The molecule has 0 unspecified atom stereocenters. The van der Waals surface area contributed by atoms with Crippen molar-refractivity contribution in [1.29, 1.82) is 0 Å². The minimum absolute atomic E-state index is 0.131. The number of piperidine rings is 1. The summed E-state index contributed by atoms with van der Waals surface area (Å²) in [6.45, 7) is 7.60. The Balaban J connectivity index is 0.000000271. The molecule has 0 bridgehead atoms. The lowest BCUT2D eigenvalue weighted by molar-refractivity contribution is -0.193. The minimum atomic E-state index is -5.08. The van der Waals surface area contributed by atoms with E-state index in [9.17, 15) is 26.3 Å². The van der Waals surface area contributed by atoms with Crippen LogP contribution in [0, 0.1) is 6.92 Å². The molecule has 16 heteroatoms. The molecule has 9 nitrogen and oxygen atoms in total. The van der Waals surface area contributed by atoms with Crippen molar-refractivity contribution in [2.24, 2.45) is 0 Å². The van der Waals surface area contributed by atoms with Gasteiger partial charge in [-0.1, -0.05) is 0 Å². The molecule has 0 atom stereocenters. The highest BCUT2D eigenvalue weighted by atomic mass is 32.1. The molecule has 0 amide bonds. The maximum absolute atomic E-state index is 10.6. The molecule has 4 rings (SSSR count). The number of nitrogens with zero attached hydrogens (tertiary/aromatic N) is 5. The van der Waals surface area contributed by atoms with Crippen LogP contribution in [0.1, 0.15) is 29.4 Å². The number of carbonyl (C=O) groups is 2. The van der Waals surface area contributed by atoms with Crippen LogP contribution in [0.2, 0.25) is 0 Å². The van der Waals surface area contributed by atoms with Crippen molar-refractivity contribution in [1.82, 2.24) is 24.3 Å². The van der Waals surface area contributed by atoms with Crippen LogP contribution in [0.15, 0.2) is 17.8 Å². The van der Waals surface area contributed by atoms with Gasteiger partial charge >= 0.3 is 24.3 Å². The Kier molecular flexibility index (Phi) is 9.47. The molecule has 4 heterocycles. The first-order chi connectivity index (χ1) is 16.6. The number of imidazole rings is 1. The second kappa shape index (κ2) is 11.6. The summed E-state index contributed by atoms with van der Waals surface area (Å²) in [5, 5.41) is 17.5. The number of alkyl halides is 6. The summed E-state index contributed by atoms with van der Waals surface area (Å²) < 4.78 is 65.9. The number of carboxylic acid groups (broad SMARTS) is 2. The maximum atomic E-state index is 10.6. The van der Waals surface area contributed by atoms with Crippen molar-refractivity contribution in [3.63, 3.8) is 0 Å². The summed E-state index contributed by atoms with van der Waals surface area (Å²) in [7, 11) is 2.27. The highest BCUT2D eigenvalue weighted by molar-refractivity contribution is 7.09. The van der Waals surface area contributed by atoms with Gasteiger partial charge in [-0.3, -0.25) is 9.80 Å². The summed E-state index contributed by atoms with van der Waals surface area (Å²) in [5.74, 6) is -4.23. The number of likely N-dealkylation sites (tertiary alicyclic amines) is 1. The van der Waals surface area contributed by atoms with Gasteiger partial charge in [-0.15, -0.1) is 11.3 Å². The summed E-state index contributed by atoms with van der Waals surface area (Å²) >= 11 is 1.76. The van der Waals surface area contributed by atoms with Gasteiger partial charge in [0.05, 0.1) is 12.1 Å². The normalized spacial score (nSPS) is 17.9. The zero-order valence-electron chi connectivity index (χ0n) is 19.3. The third kappa shape index (κ3) is 7.39. The van der Waals surface area contributed by atoms with Gasteiger partial charge in [-0.05, 0) is 26.8 Å². The summed E-state index contributed by atoms with van der Waals surface area (Å²) in [6.07, 6.45) is -3.91. The Morgan fingerprint density at radius 1 is 1.00 bits per heavy atom. The lowest BCUT2D eigenvalue weighted by Gasteiger charge is -2.49. The van der Waals surface area contributed by atoms with Crippen molar-refractivity contribution in [3.8, 4) is 0 Å². The molecule has 2 aromatic rings. The highest BCUT2D eigenvalue weighted by Crippen LogP contribution is 2.40. The topological polar surface area (TPSA) is 112 Å². The van der Waals surface area contributed by atoms with Gasteiger partial charge in [0.15, 0.2) is 0 Å². The van der Waals surface area contributed by atoms with Crippen molar-refractivity contribution in [3.05, 3.63) is 34.3 Å². The van der Waals surface area contributed by atoms with E-state index in [0.29, 0.717) is 0 Å². The fraction of sp³-hybridized carbons (Fsp3) is 0.600. The molecule has 36 heavy (non-hydrogen) atoms. The summed E-state index contributed by atoms with van der Waals surface area (Å²) in [4.78, 5) is 32.1. The number of hydrogen-bond donors (Lipinski definition) is 2. The Bertz CT molecular complexity index is 993. The SMILES string of the molecule is Cc1cnc2n1CCN(C)C21CCN(Cc2nccs2)CC1.O=C(O)C(F)(F)F.O=C(O)C(F)(F)F. The average Bonchev–Trinajstić information content (AvgIpc) is 3.42. The number of hydrogen-bond acceptors (Lipinski definition) is 7. The molecular formula is C20H25F6N5O4S. The van der Waals surface area contributed by atoms with E-state index in [1.807, 2.05) is 12.4 Å². The molecule has 202 valence electrons. The van der Waals surface area contributed by atoms with Gasteiger partial charge < -0.3 is 14.8 Å². The Morgan fingerprint density at radius 3 is 1.97 bits per heavy atom. The standard InChI is InChI=1S/C16H23N5S.2C2HF3O2/c1-13-11-18-15-16(19(2)8-9-21(13)15)3-6-20(7-4-16)12-14-17-5-10-22-14;2*3-2(4,5)1(6)7/h5,10-11H,3-4,6-9,12H2,1-2H3;2*(H,6,7). The van der Waals surface area contributed by atoms with Gasteiger partial charge in [-0.2, -0.15) is 26.3 Å². The van der Waals surface area contributed by atoms with Crippen LogP contribution in [-0.2, 0) is 28.2 Å². The van der Waals surface area contributed by atoms with E-state index < -0.39 is 24.3 Å². The molecule has 1 saturated heterocycles. The number of fused-ring (bicyclic) bond motifs is 2. The van der Waals surface area contributed by atoms with Gasteiger partial charge in [0.25, 0.3) is 0 Å². The average molecular weight is 546 g/mol.